The minimum absolute atomic E-state index is 0.0505. The Morgan fingerprint density at radius 2 is 1.75 bits per heavy atom. The van der Waals surface area contributed by atoms with Gasteiger partial charge in [0.05, 0.1) is 24.8 Å². The molecule has 0 bridgehead atoms. The second kappa shape index (κ2) is 13.6. The van der Waals surface area contributed by atoms with Gasteiger partial charge in [0.1, 0.15) is 35.8 Å². The lowest BCUT2D eigenvalue weighted by molar-refractivity contribution is 0.0877. The topological polar surface area (TPSA) is 137 Å². The minimum Gasteiger partial charge on any atom is -0.497 e. The van der Waals surface area contributed by atoms with Gasteiger partial charge < -0.3 is 34.5 Å². The molecule has 0 spiro atoms. The first-order valence-corrected chi connectivity index (χ1v) is 19.3. The summed E-state index contributed by atoms with van der Waals surface area (Å²) in [6, 6.07) is 6.61. The van der Waals surface area contributed by atoms with Crippen LogP contribution >= 0.6 is 0 Å². The average Bonchev–Trinajstić information content (AvgIpc) is 3.76. The van der Waals surface area contributed by atoms with Crippen molar-refractivity contribution < 1.29 is 28.9 Å². The molecule has 0 radical (unpaired) electrons. The van der Waals surface area contributed by atoms with Crippen molar-refractivity contribution in [1.82, 2.24) is 25.2 Å². The predicted octanol–water partition coefficient (Wildman–Crippen LogP) is 5.83. The summed E-state index contributed by atoms with van der Waals surface area (Å²) in [6.45, 7) is 10.4. The Kier molecular flexibility index (Phi) is 9.79. The van der Waals surface area contributed by atoms with Gasteiger partial charge in [-0.1, -0.05) is 19.6 Å². The maximum absolute atomic E-state index is 13.9. The third kappa shape index (κ3) is 7.70. The minimum atomic E-state index is -1.30. The molecule has 2 heterocycles. The molecule has 2 aliphatic rings. The van der Waals surface area contributed by atoms with E-state index in [-0.39, 0.29) is 24.7 Å². The summed E-state index contributed by atoms with van der Waals surface area (Å²) in [4.78, 5) is 34.3. The molecular weight excluding hydrogens is 578 g/mol. The van der Waals surface area contributed by atoms with E-state index in [9.17, 15) is 9.59 Å². The van der Waals surface area contributed by atoms with Gasteiger partial charge in [-0.25, -0.2) is 14.8 Å². The molecule has 12 heteroatoms. The third-order valence-electron chi connectivity index (χ3n) is 8.54. The number of hydrogen-bond donors (Lipinski definition) is 3. The van der Waals surface area contributed by atoms with Crippen molar-refractivity contribution in [3.05, 3.63) is 35.8 Å². The molecule has 238 valence electrons. The van der Waals surface area contributed by atoms with Gasteiger partial charge in [0.25, 0.3) is 5.91 Å². The first-order chi connectivity index (χ1) is 21.0. The molecule has 2 amide bonds. The molecule has 11 nitrogen and oxygen atoms in total. The van der Waals surface area contributed by atoms with E-state index in [1.165, 1.54) is 19.2 Å². The molecule has 0 unspecified atom stereocenters. The van der Waals surface area contributed by atoms with Gasteiger partial charge in [-0.3, -0.25) is 4.79 Å². The molecule has 2 saturated carbocycles. The fraction of sp³-hybridized carbons (Fsp3) is 0.562. The molecule has 44 heavy (non-hydrogen) atoms. The fourth-order valence-corrected chi connectivity index (χ4v) is 6.46. The van der Waals surface area contributed by atoms with Crippen LogP contribution in [0.4, 0.5) is 4.79 Å². The summed E-state index contributed by atoms with van der Waals surface area (Å²) in [7, 11) is 0.337. The van der Waals surface area contributed by atoms with Crippen LogP contribution in [0, 0.1) is 12.8 Å². The molecule has 3 aromatic rings. The second-order valence-corrected chi connectivity index (χ2v) is 18.9. The van der Waals surface area contributed by atoms with Crippen molar-refractivity contribution in [2.75, 3.05) is 20.3 Å². The van der Waals surface area contributed by atoms with E-state index < -0.39 is 14.2 Å². The zero-order valence-corrected chi connectivity index (χ0v) is 27.4. The highest BCUT2D eigenvalue weighted by atomic mass is 28.3. The standard InChI is InChI=1S/C32H45N5O6Si/c1-20-27(31(38)35-22-8-10-23(11-9-22)36-32(39)40)29-30(37(20)19-42-14-15-44(3,4)5)28(33-18-34-29)25-13-12-24(41-2)16-26(25)43-17-21-6-7-21/h12-13,16,18,21-23,36H,6-11,14-15,17,19H2,1-5H3,(H,35,38)(H,39,40). The molecule has 2 aromatic heterocycles. The van der Waals surface area contributed by atoms with Crippen LogP contribution < -0.4 is 20.1 Å². The van der Waals surface area contributed by atoms with E-state index in [0.717, 1.165) is 22.8 Å². The Bertz CT molecular complexity index is 1490. The van der Waals surface area contributed by atoms with Gasteiger partial charge in [0.2, 0.25) is 0 Å². The highest BCUT2D eigenvalue weighted by Crippen LogP contribution is 2.39. The average molecular weight is 624 g/mol. The quantitative estimate of drug-likeness (QED) is 0.160. The molecule has 0 atom stereocenters. The molecule has 0 saturated heterocycles. The second-order valence-electron chi connectivity index (χ2n) is 13.2. The summed E-state index contributed by atoms with van der Waals surface area (Å²) in [5.74, 6) is 1.74. The van der Waals surface area contributed by atoms with Gasteiger partial charge in [-0.05, 0) is 69.5 Å². The van der Waals surface area contributed by atoms with Crippen molar-refractivity contribution in [3.63, 3.8) is 0 Å². The lowest BCUT2D eigenvalue weighted by Gasteiger charge is -2.28. The number of fused-ring (bicyclic) bond motifs is 1. The number of carboxylic acid groups (broad SMARTS) is 1. The third-order valence-corrected chi connectivity index (χ3v) is 10.2. The molecule has 5 rings (SSSR count). The largest absolute Gasteiger partial charge is 0.497 e. The summed E-state index contributed by atoms with van der Waals surface area (Å²) >= 11 is 0. The molecule has 2 aliphatic carbocycles. The smallest absolute Gasteiger partial charge is 0.404 e. The SMILES string of the molecule is COc1ccc(-c2ncnc3c(C(=O)NC4CCC(NC(=O)O)CC4)c(C)n(COCC[Si](C)(C)C)c23)c(OCC2CC2)c1. The molecule has 3 N–H and O–H groups in total. The van der Waals surface area contributed by atoms with Crippen molar-refractivity contribution in [1.29, 1.82) is 0 Å². The number of nitrogens with one attached hydrogen (secondary N) is 2. The lowest BCUT2D eigenvalue weighted by Crippen LogP contribution is -2.43. The number of amides is 2. The first kappa shape index (κ1) is 31.8. The molecule has 2 fully saturated rings. The summed E-state index contributed by atoms with van der Waals surface area (Å²) in [6.07, 6.45) is 5.58. The van der Waals surface area contributed by atoms with E-state index in [1.807, 2.05) is 29.7 Å². The van der Waals surface area contributed by atoms with Gasteiger partial charge in [-0.15, -0.1) is 0 Å². The normalized spacial score (nSPS) is 18.7. The highest BCUT2D eigenvalue weighted by Gasteiger charge is 2.29. The Hall–Kier alpha value is -3.64. The Balaban J connectivity index is 1.50. The number of ether oxygens (including phenoxy) is 3. The van der Waals surface area contributed by atoms with Crippen molar-refractivity contribution in [3.8, 4) is 22.8 Å². The zero-order chi connectivity index (χ0) is 31.4. The van der Waals surface area contributed by atoms with Gasteiger partial charge in [-0.2, -0.15) is 0 Å². The number of benzene rings is 1. The number of carbonyl (C=O) groups is 2. The summed E-state index contributed by atoms with van der Waals surface area (Å²) < 4.78 is 20.0. The maximum Gasteiger partial charge on any atom is 0.404 e. The number of aromatic nitrogens is 3. The van der Waals surface area contributed by atoms with Crippen molar-refractivity contribution >= 4 is 31.1 Å². The van der Waals surface area contributed by atoms with Crippen LogP contribution in [0.5, 0.6) is 11.5 Å². The van der Waals surface area contributed by atoms with Crippen LogP contribution in [0.2, 0.25) is 25.7 Å². The Morgan fingerprint density at radius 3 is 2.39 bits per heavy atom. The summed E-state index contributed by atoms with van der Waals surface area (Å²) in [5.41, 5.74) is 4.00. The van der Waals surface area contributed by atoms with Crippen LogP contribution in [0.15, 0.2) is 24.5 Å². The van der Waals surface area contributed by atoms with Crippen LogP contribution in [0.3, 0.4) is 0 Å². The van der Waals surface area contributed by atoms with E-state index in [1.54, 1.807) is 7.11 Å². The van der Waals surface area contributed by atoms with E-state index in [4.69, 9.17) is 24.3 Å². The number of rotatable bonds is 13. The maximum atomic E-state index is 13.9. The molecule has 0 aliphatic heterocycles. The molecular formula is C32H45N5O6Si. The highest BCUT2D eigenvalue weighted by molar-refractivity contribution is 6.76. The predicted molar refractivity (Wildman–Crippen MR) is 171 cm³/mol. The van der Waals surface area contributed by atoms with Gasteiger partial charge >= 0.3 is 6.09 Å². The number of carbonyl (C=O) groups excluding carboxylic acids is 1. The van der Waals surface area contributed by atoms with Crippen LogP contribution in [0.25, 0.3) is 22.3 Å². The monoisotopic (exact) mass is 623 g/mol. The first-order valence-electron chi connectivity index (χ1n) is 15.6. The van der Waals surface area contributed by atoms with Crippen LogP contribution in [-0.2, 0) is 11.5 Å². The zero-order valence-electron chi connectivity index (χ0n) is 26.4. The van der Waals surface area contributed by atoms with E-state index in [2.05, 4.69) is 35.3 Å². The van der Waals surface area contributed by atoms with Crippen molar-refractivity contribution in [2.24, 2.45) is 5.92 Å². The summed E-state index contributed by atoms with van der Waals surface area (Å²) in [5, 5.41) is 14.8. The Labute approximate surface area is 259 Å². The number of hydrogen-bond acceptors (Lipinski definition) is 7. The number of methoxy groups -OCH3 is 1. The van der Waals surface area contributed by atoms with E-state index in [0.29, 0.717) is 73.1 Å². The van der Waals surface area contributed by atoms with Gasteiger partial charge in [0, 0.05) is 44.1 Å². The van der Waals surface area contributed by atoms with Crippen LogP contribution in [-0.4, -0.2) is 72.1 Å². The van der Waals surface area contributed by atoms with Crippen molar-refractivity contribution in [2.45, 2.75) is 89.9 Å². The number of nitrogens with zero attached hydrogens (tertiary/aromatic N) is 3. The van der Waals surface area contributed by atoms with Gasteiger partial charge in [0.15, 0.2) is 0 Å². The fourth-order valence-electron chi connectivity index (χ4n) is 5.71. The Morgan fingerprint density at radius 1 is 1.05 bits per heavy atom. The van der Waals surface area contributed by atoms with E-state index >= 15 is 0 Å². The lowest BCUT2D eigenvalue weighted by atomic mass is 9.91. The molecule has 1 aromatic carbocycles. The van der Waals surface area contributed by atoms with Crippen LogP contribution in [0.1, 0.15) is 54.6 Å².